The summed E-state index contributed by atoms with van der Waals surface area (Å²) in [6.07, 6.45) is 0. The van der Waals surface area contributed by atoms with Crippen LogP contribution in [0.15, 0.2) is 42.5 Å². The molecule has 0 fully saturated rings. The molecule has 2 aromatic rings. The van der Waals surface area contributed by atoms with Crippen molar-refractivity contribution in [3.63, 3.8) is 0 Å². The Bertz CT molecular complexity index is 829. The van der Waals surface area contributed by atoms with Gasteiger partial charge < -0.3 is 5.11 Å². The van der Waals surface area contributed by atoms with E-state index in [1.807, 2.05) is 0 Å². The highest BCUT2D eigenvalue weighted by Crippen LogP contribution is 2.25. The Morgan fingerprint density at radius 3 is 2.26 bits per heavy atom. The van der Waals surface area contributed by atoms with Crippen LogP contribution in [0.5, 0.6) is 0 Å². The van der Waals surface area contributed by atoms with Crippen molar-refractivity contribution < 1.29 is 19.1 Å². The summed E-state index contributed by atoms with van der Waals surface area (Å²) in [6.45, 7) is -0.440. The molecule has 1 aliphatic heterocycles. The van der Waals surface area contributed by atoms with E-state index in [9.17, 15) is 14.0 Å². The molecular weight excluding hydrogens is 297 g/mol. The van der Waals surface area contributed by atoms with E-state index in [1.54, 1.807) is 30.3 Å². The highest BCUT2D eigenvalue weighted by Gasteiger charge is 2.35. The number of benzene rings is 2. The molecule has 0 atom stereocenters. The number of aliphatic hydroxyl groups is 1. The first-order valence-electron chi connectivity index (χ1n) is 6.95. The average Bonchev–Trinajstić information content (AvgIpc) is 2.80. The van der Waals surface area contributed by atoms with Crippen molar-refractivity contribution in [2.45, 2.75) is 6.54 Å². The lowest BCUT2D eigenvalue weighted by Gasteiger charge is -2.14. The first-order valence-corrected chi connectivity index (χ1v) is 6.95. The largest absolute Gasteiger partial charge is 0.384 e. The number of aliphatic hydroxyl groups excluding tert-OH is 1. The molecule has 3 rings (SSSR count). The van der Waals surface area contributed by atoms with E-state index in [4.69, 9.17) is 5.11 Å². The van der Waals surface area contributed by atoms with Crippen LogP contribution in [0.3, 0.4) is 0 Å². The Morgan fingerprint density at radius 2 is 1.70 bits per heavy atom. The minimum atomic E-state index is -0.550. The van der Waals surface area contributed by atoms with Crippen molar-refractivity contribution in [1.29, 1.82) is 0 Å². The lowest BCUT2D eigenvalue weighted by molar-refractivity contribution is 0.0641. The van der Waals surface area contributed by atoms with Crippen molar-refractivity contribution >= 4 is 11.8 Å². The molecule has 0 saturated heterocycles. The normalized spacial score (nSPS) is 12.9. The fraction of sp³-hybridized carbons (Fsp3) is 0.111. The van der Waals surface area contributed by atoms with Crippen LogP contribution >= 0.6 is 0 Å². The van der Waals surface area contributed by atoms with Gasteiger partial charge in [0, 0.05) is 11.1 Å². The van der Waals surface area contributed by atoms with Crippen molar-refractivity contribution in [2.24, 2.45) is 0 Å². The van der Waals surface area contributed by atoms with Crippen LogP contribution in [0.4, 0.5) is 4.39 Å². The van der Waals surface area contributed by atoms with Gasteiger partial charge >= 0.3 is 0 Å². The number of nitrogens with zero attached hydrogens (tertiary/aromatic N) is 1. The lowest BCUT2D eigenvalue weighted by atomic mass is 10.1. The summed E-state index contributed by atoms with van der Waals surface area (Å²) in [7, 11) is 0. The predicted octanol–water partition coefficient (Wildman–Crippen LogP) is 1.97. The van der Waals surface area contributed by atoms with Crippen LogP contribution in [-0.2, 0) is 6.54 Å². The van der Waals surface area contributed by atoms with Gasteiger partial charge in [-0.2, -0.15) is 0 Å². The monoisotopic (exact) mass is 309 g/mol. The van der Waals surface area contributed by atoms with Gasteiger partial charge in [0.05, 0.1) is 17.7 Å². The molecule has 5 heteroatoms. The van der Waals surface area contributed by atoms with Gasteiger partial charge in [0.2, 0.25) is 0 Å². The number of carbonyl (C=O) groups excluding carboxylic acids is 2. The van der Waals surface area contributed by atoms with Gasteiger partial charge in [0.15, 0.2) is 0 Å². The summed E-state index contributed by atoms with van der Waals surface area (Å²) < 4.78 is 14.1. The third-order valence-corrected chi connectivity index (χ3v) is 3.57. The first-order chi connectivity index (χ1) is 11.1. The van der Waals surface area contributed by atoms with Crippen molar-refractivity contribution in [3.05, 3.63) is 70.5 Å². The van der Waals surface area contributed by atoms with Gasteiger partial charge in [-0.25, -0.2) is 4.39 Å². The number of carbonyl (C=O) groups is 2. The molecule has 4 nitrogen and oxygen atoms in total. The average molecular weight is 309 g/mol. The van der Waals surface area contributed by atoms with E-state index < -0.39 is 17.6 Å². The van der Waals surface area contributed by atoms with Crippen LogP contribution in [0.1, 0.15) is 31.8 Å². The zero-order chi connectivity index (χ0) is 16.4. The molecule has 1 heterocycles. The first kappa shape index (κ1) is 14.9. The topological polar surface area (TPSA) is 57.6 Å². The molecule has 1 N–H and O–H groups in total. The van der Waals surface area contributed by atoms with E-state index in [0.717, 1.165) is 4.90 Å². The number of fused-ring (bicyclic) bond motifs is 1. The second kappa shape index (κ2) is 6.03. The quantitative estimate of drug-likeness (QED) is 0.681. The Balaban J connectivity index is 1.86. The summed E-state index contributed by atoms with van der Waals surface area (Å²) in [4.78, 5) is 25.6. The smallest absolute Gasteiger partial charge is 0.261 e. The minimum absolute atomic E-state index is 0.133. The highest BCUT2D eigenvalue weighted by atomic mass is 19.1. The lowest BCUT2D eigenvalue weighted by Crippen LogP contribution is -2.29. The van der Waals surface area contributed by atoms with E-state index in [-0.39, 0.29) is 18.7 Å². The summed E-state index contributed by atoms with van der Waals surface area (Å²) in [5, 5.41) is 8.64. The SMILES string of the molecule is O=C1c2ccccc2C(=O)N1Cc1ccc(C#CCO)cc1F. The van der Waals surface area contributed by atoms with E-state index in [1.165, 1.54) is 12.1 Å². The predicted molar refractivity (Wildman–Crippen MR) is 81.0 cm³/mol. The molecule has 2 aromatic carbocycles. The molecule has 0 bridgehead atoms. The summed E-state index contributed by atoms with van der Waals surface area (Å²) in [6, 6.07) is 10.8. The Hall–Kier alpha value is -2.97. The molecule has 114 valence electrons. The van der Waals surface area contributed by atoms with Crippen LogP contribution < -0.4 is 0 Å². The van der Waals surface area contributed by atoms with Crippen LogP contribution in [-0.4, -0.2) is 28.4 Å². The number of hydrogen-bond acceptors (Lipinski definition) is 3. The van der Waals surface area contributed by atoms with Crippen molar-refractivity contribution in [1.82, 2.24) is 4.90 Å². The molecule has 2 amide bonds. The third kappa shape index (κ3) is 2.72. The highest BCUT2D eigenvalue weighted by molar-refractivity contribution is 6.21. The Morgan fingerprint density at radius 1 is 1.04 bits per heavy atom. The third-order valence-electron chi connectivity index (χ3n) is 3.57. The van der Waals surface area contributed by atoms with Crippen LogP contribution in [0.25, 0.3) is 0 Å². The number of imide groups is 1. The minimum Gasteiger partial charge on any atom is -0.384 e. The van der Waals surface area contributed by atoms with Crippen molar-refractivity contribution in [2.75, 3.05) is 6.61 Å². The van der Waals surface area contributed by atoms with Crippen molar-refractivity contribution in [3.8, 4) is 11.8 Å². The molecule has 0 saturated carbocycles. The molecule has 0 unspecified atom stereocenters. The molecule has 1 aliphatic rings. The van der Waals surface area contributed by atoms with E-state index in [0.29, 0.717) is 16.7 Å². The molecule has 23 heavy (non-hydrogen) atoms. The number of amides is 2. The maximum atomic E-state index is 14.1. The van der Waals surface area contributed by atoms with Gasteiger partial charge in [-0.3, -0.25) is 14.5 Å². The van der Waals surface area contributed by atoms with Gasteiger partial charge in [-0.05, 0) is 24.3 Å². The van der Waals surface area contributed by atoms with E-state index in [2.05, 4.69) is 11.8 Å². The van der Waals surface area contributed by atoms with Crippen LogP contribution in [0.2, 0.25) is 0 Å². The zero-order valence-corrected chi connectivity index (χ0v) is 12.0. The summed E-state index contributed by atoms with van der Waals surface area (Å²) >= 11 is 0. The summed E-state index contributed by atoms with van der Waals surface area (Å²) in [5.41, 5.74) is 1.32. The fourth-order valence-electron chi connectivity index (χ4n) is 2.45. The second-order valence-corrected chi connectivity index (χ2v) is 5.01. The van der Waals surface area contributed by atoms with Gasteiger partial charge in [0.1, 0.15) is 12.4 Å². The molecule has 0 radical (unpaired) electrons. The molecule has 0 spiro atoms. The standard InChI is InChI=1S/C18H12FNO3/c19-16-10-12(4-3-9-21)7-8-13(16)11-20-17(22)14-5-1-2-6-15(14)18(20)23/h1-2,5-8,10,21H,9,11H2. The van der Waals surface area contributed by atoms with E-state index >= 15 is 0 Å². The second-order valence-electron chi connectivity index (χ2n) is 5.01. The number of halogens is 1. The van der Waals surface area contributed by atoms with Gasteiger partial charge in [0.25, 0.3) is 11.8 Å². The van der Waals surface area contributed by atoms with Gasteiger partial charge in [-0.1, -0.05) is 30.0 Å². The van der Waals surface area contributed by atoms with Gasteiger partial charge in [-0.15, -0.1) is 0 Å². The maximum Gasteiger partial charge on any atom is 0.261 e. The fourth-order valence-corrected chi connectivity index (χ4v) is 2.45. The zero-order valence-electron chi connectivity index (χ0n) is 12.0. The Kier molecular flexibility index (Phi) is 3.92. The molecule has 0 aliphatic carbocycles. The number of rotatable bonds is 2. The van der Waals surface area contributed by atoms with Crippen LogP contribution in [0, 0.1) is 17.7 Å². The maximum absolute atomic E-state index is 14.1. The summed E-state index contributed by atoms with van der Waals surface area (Å²) in [5.74, 6) is 3.64. The Labute approximate surface area is 132 Å². The molecular formula is C18H12FNO3. The molecule has 0 aromatic heterocycles. The number of hydrogen-bond donors (Lipinski definition) is 1.